The Morgan fingerprint density at radius 1 is 1.32 bits per heavy atom. The van der Waals surface area contributed by atoms with E-state index in [1.54, 1.807) is 11.3 Å². The van der Waals surface area contributed by atoms with E-state index >= 15 is 0 Å². The Morgan fingerprint density at radius 3 is 2.86 bits per heavy atom. The van der Waals surface area contributed by atoms with Crippen LogP contribution in [-0.4, -0.2) is 39.1 Å². The van der Waals surface area contributed by atoms with Gasteiger partial charge in [-0.05, 0) is 37.7 Å². The highest BCUT2D eigenvalue weighted by Gasteiger charge is 2.26. The van der Waals surface area contributed by atoms with Crippen molar-refractivity contribution in [3.63, 3.8) is 0 Å². The fraction of sp³-hybridized carbons (Fsp3) is 0.412. The standard InChI is InChI=1S/C17H22N4S/c1-4-15(20(3)5-2)17(21-9-8-18-11-21)13-6-7-14-16(10-13)22-12-19-14/h6-12,15,17H,4-5H2,1-3H3. The van der Waals surface area contributed by atoms with E-state index in [2.05, 4.69) is 64.7 Å². The molecule has 2 unspecified atom stereocenters. The number of nitrogens with zero attached hydrogens (tertiary/aromatic N) is 4. The van der Waals surface area contributed by atoms with Crippen LogP contribution in [-0.2, 0) is 0 Å². The SMILES string of the molecule is CCC(C(c1ccc2ncsc2c1)n1ccnc1)N(C)CC. The molecule has 0 fully saturated rings. The summed E-state index contributed by atoms with van der Waals surface area (Å²) in [4.78, 5) is 11.1. The van der Waals surface area contributed by atoms with Gasteiger partial charge in [0.15, 0.2) is 0 Å². The fourth-order valence-electron chi connectivity index (χ4n) is 3.09. The third-order valence-corrected chi connectivity index (χ3v) is 5.18. The maximum absolute atomic E-state index is 4.39. The van der Waals surface area contributed by atoms with Crippen LogP contribution in [0.3, 0.4) is 0 Å². The number of fused-ring (bicyclic) bond motifs is 1. The molecular formula is C17H22N4S. The summed E-state index contributed by atoms with van der Waals surface area (Å²) in [6.07, 6.45) is 6.94. The predicted molar refractivity (Wildman–Crippen MR) is 92.4 cm³/mol. The quantitative estimate of drug-likeness (QED) is 0.694. The Morgan fingerprint density at radius 2 is 2.18 bits per heavy atom. The van der Waals surface area contributed by atoms with Crippen molar-refractivity contribution < 1.29 is 0 Å². The Kier molecular flexibility index (Phi) is 4.55. The summed E-state index contributed by atoms with van der Waals surface area (Å²) in [6, 6.07) is 7.32. The van der Waals surface area contributed by atoms with Crippen LogP contribution >= 0.6 is 11.3 Å². The molecule has 0 aliphatic heterocycles. The van der Waals surface area contributed by atoms with E-state index in [0.717, 1.165) is 18.5 Å². The van der Waals surface area contributed by atoms with Crippen molar-refractivity contribution in [2.24, 2.45) is 0 Å². The minimum atomic E-state index is 0.268. The van der Waals surface area contributed by atoms with Crippen molar-refractivity contribution in [3.8, 4) is 0 Å². The summed E-state index contributed by atoms with van der Waals surface area (Å²) < 4.78 is 3.47. The maximum atomic E-state index is 4.39. The van der Waals surface area contributed by atoms with Crippen LogP contribution in [0.2, 0.25) is 0 Å². The molecule has 22 heavy (non-hydrogen) atoms. The molecule has 5 heteroatoms. The summed E-state index contributed by atoms with van der Waals surface area (Å²) in [5.41, 5.74) is 4.31. The van der Waals surface area contributed by atoms with Gasteiger partial charge in [-0.25, -0.2) is 9.97 Å². The van der Waals surface area contributed by atoms with E-state index in [9.17, 15) is 0 Å². The molecule has 0 saturated heterocycles. The molecule has 2 aromatic heterocycles. The van der Waals surface area contributed by atoms with Crippen LogP contribution in [0.5, 0.6) is 0 Å². The molecule has 1 aromatic carbocycles. The van der Waals surface area contributed by atoms with E-state index in [4.69, 9.17) is 0 Å². The molecule has 0 aliphatic rings. The second-order valence-electron chi connectivity index (χ2n) is 5.58. The third-order valence-electron chi connectivity index (χ3n) is 4.39. The second-order valence-corrected chi connectivity index (χ2v) is 6.47. The monoisotopic (exact) mass is 314 g/mol. The number of hydrogen-bond donors (Lipinski definition) is 0. The lowest BCUT2D eigenvalue weighted by Crippen LogP contribution is -2.39. The summed E-state index contributed by atoms with van der Waals surface area (Å²) in [5, 5.41) is 0. The Balaban J connectivity index is 2.07. The third kappa shape index (κ3) is 2.78. The van der Waals surface area contributed by atoms with E-state index in [1.807, 2.05) is 18.0 Å². The summed E-state index contributed by atoms with van der Waals surface area (Å²) in [7, 11) is 2.20. The molecule has 2 heterocycles. The normalized spacial score (nSPS) is 14.5. The maximum Gasteiger partial charge on any atom is 0.0952 e. The molecule has 3 aromatic rings. The zero-order valence-electron chi connectivity index (χ0n) is 13.3. The van der Waals surface area contributed by atoms with Crippen LogP contribution in [0.15, 0.2) is 42.4 Å². The van der Waals surface area contributed by atoms with Crippen LogP contribution in [0.25, 0.3) is 10.2 Å². The number of hydrogen-bond acceptors (Lipinski definition) is 4. The van der Waals surface area contributed by atoms with Crippen LogP contribution in [0.4, 0.5) is 0 Å². The van der Waals surface area contributed by atoms with Gasteiger partial charge >= 0.3 is 0 Å². The molecule has 0 radical (unpaired) electrons. The first-order valence-corrected chi connectivity index (χ1v) is 8.63. The Bertz CT molecular complexity index is 719. The lowest BCUT2D eigenvalue weighted by molar-refractivity contribution is 0.198. The minimum Gasteiger partial charge on any atom is -0.328 e. The van der Waals surface area contributed by atoms with Gasteiger partial charge in [0.05, 0.1) is 28.1 Å². The average molecular weight is 314 g/mol. The van der Waals surface area contributed by atoms with Crippen LogP contribution in [0.1, 0.15) is 31.9 Å². The molecule has 0 N–H and O–H groups in total. The van der Waals surface area contributed by atoms with Crippen molar-refractivity contribution in [3.05, 3.63) is 48.0 Å². The summed E-state index contributed by atoms with van der Waals surface area (Å²) in [6.45, 7) is 5.50. The van der Waals surface area contributed by atoms with E-state index in [0.29, 0.717) is 6.04 Å². The van der Waals surface area contributed by atoms with Crippen molar-refractivity contribution >= 4 is 21.6 Å². The van der Waals surface area contributed by atoms with E-state index < -0.39 is 0 Å². The minimum absolute atomic E-state index is 0.268. The first-order valence-electron chi connectivity index (χ1n) is 7.75. The zero-order chi connectivity index (χ0) is 15.5. The van der Waals surface area contributed by atoms with Gasteiger partial charge < -0.3 is 9.47 Å². The molecule has 0 aliphatic carbocycles. The number of imidazole rings is 1. The Labute approximate surface area is 135 Å². The Hall–Kier alpha value is -1.72. The molecule has 0 amide bonds. The molecule has 2 atom stereocenters. The van der Waals surface area contributed by atoms with Crippen molar-refractivity contribution in [2.75, 3.05) is 13.6 Å². The van der Waals surface area contributed by atoms with Gasteiger partial charge in [-0.1, -0.05) is 19.9 Å². The molecule has 4 nitrogen and oxygen atoms in total. The smallest absolute Gasteiger partial charge is 0.0952 e. The van der Waals surface area contributed by atoms with E-state index in [-0.39, 0.29) is 6.04 Å². The lowest BCUT2D eigenvalue weighted by Gasteiger charge is -2.34. The van der Waals surface area contributed by atoms with Gasteiger partial charge in [0, 0.05) is 18.4 Å². The highest BCUT2D eigenvalue weighted by atomic mass is 32.1. The van der Waals surface area contributed by atoms with Gasteiger partial charge in [-0.3, -0.25) is 0 Å². The van der Waals surface area contributed by atoms with Gasteiger partial charge in [-0.15, -0.1) is 11.3 Å². The van der Waals surface area contributed by atoms with Crippen molar-refractivity contribution in [2.45, 2.75) is 32.4 Å². The second kappa shape index (κ2) is 6.58. The first-order chi connectivity index (χ1) is 10.7. The van der Waals surface area contributed by atoms with Gasteiger partial charge in [0.2, 0.25) is 0 Å². The average Bonchev–Trinajstić information content (AvgIpc) is 3.22. The lowest BCUT2D eigenvalue weighted by atomic mass is 9.95. The zero-order valence-corrected chi connectivity index (χ0v) is 14.1. The van der Waals surface area contributed by atoms with Gasteiger partial charge in [-0.2, -0.15) is 0 Å². The first kappa shape index (κ1) is 15.2. The van der Waals surface area contributed by atoms with Gasteiger partial charge in [0.25, 0.3) is 0 Å². The highest BCUT2D eigenvalue weighted by Crippen LogP contribution is 2.30. The van der Waals surface area contributed by atoms with Crippen LogP contribution in [0, 0.1) is 0 Å². The summed E-state index contributed by atoms with van der Waals surface area (Å²) in [5.74, 6) is 0. The van der Waals surface area contributed by atoms with Crippen molar-refractivity contribution in [1.82, 2.24) is 19.4 Å². The molecule has 0 bridgehead atoms. The topological polar surface area (TPSA) is 34.0 Å². The van der Waals surface area contributed by atoms with Crippen molar-refractivity contribution in [1.29, 1.82) is 0 Å². The molecule has 116 valence electrons. The summed E-state index contributed by atoms with van der Waals surface area (Å²) >= 11 is 1.70. The molecular weight excluding hydrogens is 292 g/mol. The van der Waals surface area contributed by atoms with E-state index in [1.165, 1.54) is 10.3 Å². The largest absolute Gasteiger partial charge is 0.328 e. The molecule has 0 saturated carbocycles. The number of rotatable bonds is 6. The van der Waals surface area contributed by atoms with Crippen LogP contribution < -0.4 is 0 Å². The number of thiazole rings is 1. The highest BCUT2D eigenvalue weighted by molar-refractivity contribution is 7.16. The van der Waals surface area contributed by atoms with Gasteiger partial charge in [0.1, 0.15) is 0 Å². The fourth-order valence-corrected chi connectivity index (χ4v) is 3.82. The number of aromatic nitrogens is 3. The molecule has 0 spiro atoms. The number of likely N-dealkylation sites (N-methyl/N-ethyl adjacent to an activating group) is 1. The predicted octanol–water partition coefficient (Wildman–Crippen LogP) is 3.81. The molecule has 3 rings (SSSR count). The number of benzene rings is 1.